The Kier molecular flexibility index (Phi) is 5.90. The van der Waals surface area contributed by atoms with Crippen molar-refractivity contribution in [1.29, 1.82) is 0 Å². The smallest absolute Gasteiger partial charge is 0.311 e. The monoisotopic (exact) mass is 370 g/mol. The van der Waals surface area contributed by atoms with Crippen LogP contribution in [0.5, 0.6) is 0 Å². The van der Waals surface area contributed by atoms with Crippen LogP contribution >= 0.6 is 0 Å². The molecule has 1 N–H and O–H groups in total. The quantitative estimate of drug-likeness (QED) is 0.756. The fourth-order valence-electron chi connectivity index (χ4n) is 3.06. The van der Waals surface area contributed by atoms with Gasteiger partial charge in [0.25, 0.3) is 5.91 Å². The van der Waals surface area contributed by atoms with Crippen LogP contribution in [0.3, 0.4) is 0 Å². The predicted molar refractivity (Wildman–Crippen MR) is 97.6 cm³/mol. The maximum atomic E-state index is 12.2. The molecule has 1 saturated heterocycles. The molecule has 1 aromatic carbocycles. The molecule has 2 heterocycles. The molecule has 2 aromatic rings. The number of esters is 1. The first-order valence-corrected chi connectivity index (χ1v) is 8.91. The van der Waals surface area contributed by atoms with Crippen molar-refractivity contribution in [2.75, 3.05) is 18.5 Å². The Balaban J connectivity index is 1.47. The molecule has 1 aliphatic rings. The highest BCUT2D eigenvalue weighted by molar-refractivity contribution is 5.94. The van der Waals surface area contributed by atoms with Crippen molar-refractivity contribution in [1.82, 2.24) is 4.90 Å². The number of nitrogens with zero attached hydrogens (tertiary/aromatic N) is 1. The lowest BCUT2D eigenvalue weighted by molar-refractivity contribution is -0.151. The fourth-order valence-corrected chi connectivity index (χ4v) is 3.06. The van der Waals surface area contributed by atoms with Crippen LogP contribution < -0.4 is 5.32 Å². The standard InChI is InChI=1S/C20H22N2O5/c1-2-14-6-3-4-8-17(14)21-18(23)13-27-20(25)15-10-19(24)22(11-15)12-16-7-5-9-26-16/h3-9,15H,2,10-13H2,1H3,(H,21,23)/t15-/m0/s1. The number of nitrogens with one attached hydrogen (secondary N) is 1. The van der Waals surface area contributed by atoms with Crippen molar-refractivity contribution in [3.8, 4) is 0 Å². The summed E-state index contributed by atoms with van der Waals surface area (Å²) in [5, 5.41) is 2.75. The van der Waals surface area contributed by atoms with E-state index in [1.54, 1.807) is 23.1 Å². The van der Waals surface area contributed by atoms with Crippen LogP contribution in [0.15, 0.2) is 47.1 Å². The van der Waals surface area contributed by atoms with E-state index in [1.165, 1.54) is 6.26 Å². The van der Waals surface area contributed by atoms with Gasteiger partial charge in [-0.15, -0.1) is 0 Å². The summed E-state index contributed by atoms with van der Waals surface area (Å²) in [4.78, 5) is 37.9. The summed E-state index contributed by atoms with van der Waals surface area (Å²) < 4.78 is 10.3. The molecule has 7 nitrogen and oxygen atoms in total. The molecule has 1 aliphatic heterocycles. The number of hydrogen-bond donors (Lipinski definition) is 1. The van der Waals surface area contributed by atoms with E-state index in [0.29, 0.717) is 18.0 Å². The van der Waals surface area contributed by atoms with E-state index in [9.17, 15) is 14.4 Å². The minimum absolute atomic E-state index is 0.0832. The van der Waals surface area contributed by atoms with Crippen molar-refractivity contribution in [2.45, 2.75) is 26.3 Å². The molecule has 2 amide bonds. The molecule has 1 fully saturated rings. The van der Waals surface area contributed by atoms with Gasteiger partial charge >= 0.3 is 5.97 Å². The lowest BCUT2D eigenvalue weighted by atomic mass is 10.1. The lowest BCUT2D eigenvalue weighted by Crippen LogP contribution is -2.28. The van der Waals surface area contributed by atoms with Gasteiger partial charge < -0.3 is 19.4 Å². The third-order valence-electron chi connectivity index (χ3n) is 4.49. The Labute approximate surface area is 157 Å². The number of hydrogen-bond acceptors (Lipinski definition) is 5. The van der Waals surface area contributed by atoms with E-state index in [2.05, 4.69) is 5.32 Å². The molecule has 142 valence electrons. The van der Waals surface area contributed by atoms with E-state index < -0.39 is 17.8 Å². The molecule has 27 heavy (non-hydrogen) atoms. The van der Waals surface area contributed by atoms with Crippen molar-refractivity contribution in [3.63, 3.8) is 0 Å². The first kappa shape index (κ1) is 18.7. The number of likely N-dealkylation sites (tertiary alicyclic amines) is 1. The summed E-state index contributed by atoms with van der Waals surface area (Å²) in [6, 6.07) is 11.0. The van der Waals surface area contributed by atoms with Crippen LogP contribution in [0.2, 0.25) is 0 Å². The Morgan fingerprint density at radius 3 is 2.81 bits per heavy atom. The van der Waals surface area contributed by atoms with Crippen LogP contribution in [-0.4, -0.2) is 35.8 Å². The Hall–Kier alpha value is -3.09. The van der Waals surface area contributed by atoms with Crippen LogP contribution in [0.1, 0.15) is 24.7 Å². The number of rotatable bonds is 7. The van der Waals surface area contributed by atoms with Crippen molar-refractivity contribution < 1.29 is 23.5 Å². The summed E-state index contributed by atoms with van der Waals surface area (Å²) in [7, 11) is 0. The molecule has 0 radical (unpaired) electrons. The predicted octanol–water partition coefficient (Wildman–Crippen LogP) is 2.37. The van der Waals surface area contributed by atoms with Gasteiger partial charge in [-0.25, -0.2) is 0 Å². The van der Waals surface area contributed by atoms with Gasteiger partial charge in [0.2, 0.25) is 5.91 Å². The maximum absolute atomic E-state index is 12.2. The third-order valence-corrected chi connectivity index (χ3v) is 4.49. The number of aryl methyl sites for hydroxylation is 1. The third kappa shape index (κ3) is 4.75. The summed E-state index contributed by atoms with van der Waals surface area (Å²) in [5.41, 5.74) is 1.72. The average Bonchev–Trinajstić information content (AvgIpc) is 3.31. The topological polar surface area (TPSA) is 88.8 Å². The number of amides is 2. The van der Waals surface area contributed by atoms with Gasteiger partial charge in [-0.3, -0.25) is 14.4 Å². The lowest BCUT2D eigenvalue weighted by Gasteiger charge is -2.15. The first-order chi connectivity index (χ1) is 13.1. The average molecular weight is 370 g/mol. The first-order valence-electron chi connectivity index (χ1n) is 8.91. The molecule has 0 unspecified atom stereocenters. The number of para-hydroxylation sites is 1. The number of ether oxygens (including phenoxy) is 1. The van der Waals surface area contributed by atoms with Crippen molar-refractivity contribution in [2.24, 2.45) is 5.92 Å². The second kappa shape index (κ2) is 8.53. The number of carbonyl (C=O) groups excluding carboxylic acids is 3. The minimum atomic E-state index is -0.566. The van der Waals surface area contributed by atoms with Crippen molar-refractivity contribution >= 4 is 23.5 Å². The molecule has 3 rings (SSSR count). The summed E-state index contributed by atoms with van der Waals surface area (Å²) in [6.07, 6.45) is 2.41. The zero-order chi connectivity index (χ0) is 19.2. The highest BCUT2D eigenvalue weighted by Gasteiger charge is 2.35. The molecule has 0 aliphatic carbocycles. The second-order valence-electron chi connectivity index (χ2n) is 6.42. The molecular formula is C20H22N2O5. The van der Waals surface area contributed by atoms with E-state index in [0.717, 1.165) is 12.0 Å². The summed E-state index contributed by atoms with van der Waals surface area (Å²) in [6.45, 7) is 2.21. The summed E-state index contributed by atoms with van der Waals surface area (Å²) >= 11 is 0. The van der Waals surface area contributed by atoms with Gasteiger partial charge in [-0.05, 0) is 30.2 Å². The van der Waals surface area contributed by atoms with Gasteiger partial charge in [0.1, 0.15) is 5.76 Å². The zero-order valence-electron chi connectivity index (χ0n) is 15.1. The van der Waals surface area contributed by atoms with Gasteiger partial charge in [-0.1, -0.05) is 25.1 Å². The SMILES string of the molecule is CCc1ccccc1NC(=O)COC(=O)[C@H]1CC(=O)N(Cc2ccco2)C1. The molecule has 7 heteroatoms. The Morgan fingerprint density at radius 1 is 1.26 bits per heavy atom. The van der Waals surface area contributed by atoms with Crippen LogP contribution in [0.25, 0.3) is 0 Å². The van der Waals surface area contributed by atoms with Gasteiger partial charge in [0.05, 0.1) is 18.7 Å². The minimum Gasteiger partial charge on any atom is -0.467 e. The molecule has 1 atom stereocenters. The molecule has 0 spiro atoms. The van der Waals surface area contributed by atoms with E-state index in [4.69, 9.17) is 9.15 Å². The Bertz CT molecular complexity index is 816. The van der Waals surface area contributed by atoms with Crippen molar-refractivity contribution in [3.05, 3.63) is 54.0 Å². The highest BCUT2D eigenvalue weighted by atomic mass is 16.5. The molecule has 1 aromatic heterocycles. The maximum Gasteiger partial charge on any atom is 0.311 e. The van der Waals surface area contributed by atoms with E-state index in [1.807, 2.05) is 25.1 Å². The largest absolute Gasteiger partial charge is 0.467 e. The second-order valence-corrected chi connectivity index (χ2v) is 6.42. The number of furan rings is 1. The van der Waals surface area contributed by atoms with E-state index >= 15 is 0 Å². The number of anilines is 1. The van der Waals surface area contributed by atoms with Crippen LogP contribution in [0.4, 0.5) is 5.69 Å². The number of carbonyl (C=O) groups is 3. The highest BCUT2D eigenvalue weighted by Crippen LogP contribution is 2.21. The molecule has 0 bridgehead atoms. The molecular weight excluding hydrogens is 348 g/mol. The Morgan fingerprint density at radius 2 is 2.07 bits per heavy atom. The van der Waals surface area contributed by atoms with Gasteiger partial charge in [-0.2, -0.15) is 0 Å². The van der Waals surface area contributed by atoms with E-state index in [-0.39, 0.29) is 25.5 Å². The molecule has 0 saturated carbocycles. The fraction of sp³-hybridized carbons (Fsp3) is 0.350. The van der Waals surface area contributed by atoms with Gasteiger partial charge in [0.15, 0.2) is 6.61 Å². The summed E-state index contributed by atoms with van der Waals surface area (Å²) in [5.74, 6) is -0.977. The van der Waals surface area contributed by atoms with Gasteiger partial charge in [0, 0.05) is 18.7 Å². The van der Waals surface area contributed by atoms with Crippen LogP contribution in [-0.2, 0) is 32.1 Å². The normalized spacial score (nSPS) is 16.4. The zero-order valence-corrected chi connectivity index (χ0v) is 15.1. The number of benzene rings is 1. The van der Waals surface area contributed by atoms with Crippen LogP contribution in [0, 0.1) is 5.92 Å².